The Kier molecular flexibility index (Phi) is 10.7. The highest BCUT2D eigenvalue weighted by Gasteiger charge is 2.17. The van der Waals surface area contributed by atoms with Crippen molar-refractivity contribution in [1.29, 1.82) is 0 Å². The van der Waals surface area contributed by atoms with Crippen LogP contribution in [0, 0.1) is 0 Å². The number of likely N-dealkylation sites (N-methyl/N-ethyl adjacent to an activating group) is 1. The highest BCUT2D eigenvalue weighted by atomic mass is 127. The number of para-hydroxylation sites is 1. The fourth-order valence-electron chi connectivity index (χ4n) is 3.26. The molecule has 1 saturated heterocycles. The van der Waals surface area contributed by atoms with Gasteiger partial charge in [0.15, 0.2) is 5.96 Å². The van der Waals surface area contributed by atoms with Gasteiger partial charge in [0.25, 0.3) is 0 Å². The number of anilines is 1. The average molecular weight is 524 g/mol. The number of aromatic nitrogens is 1. The van der Waals surface area contributed by atoms with Crippen molar-refractivity contribution in [2.45, 2.75) is 13.0 Å². The first-order chi connectivity index (χ1) is 14.3. The minimum absolute atomic E-state index is 0. The molecule has 164 valence electrons. The van der Waals surface area contributed by atoms with E-state index in [0.717, 1.165) is 56.7 Å². The van der Waals surface area contributed by atoms with Crippen LogP contribution in [0.15, 0.2) is 53.7 Å². The molecule has 0 unspecified atom stereocenters. The summed E-state index contributed by atoms with van der Waals surface area (Å²) < 4.78 is 5.72. The Morgan fingerprint density at radius 3 is 2.57 bits per heavy atom. The van der Waals surface area contributed by atoms with E-state index in [0.29, 0.717) is 13.2 Å². The maximum atomic E-state index is 5.72. The van der Waals surface area contributed by atoms with Crippen molar-refractivity contribution in [3.63, 3.8) is 0 Å². The van der Waals surface area contributed by atoms with E-state index in [1.54, 1.807) is 7.05 Å². The molecule has 0 aliphatic carbocycles. The molecule has 8 heteroatoms. The molecular formula is C22H33IN6O. The molecule has 1 fully saturated rings. The number of aliphatic imine (C=N–C) groups is 1. The second-order valence-corrected chi connectivity index (χ2v) is 7.14. The summed E-state index contributed by atoms with van der Waals surface area (Å²) in [6, 6.07) is 14.0. The Morgan fingerprint density at radius 1 is 1.07 bits per heavy atom. The van der Waals surface area contributed by atoms with E-state index >= 15 is 0 Å². The number of hydrogen-bond acceptors (Lipinski definition) is 5. The Morgan fingerprint density at radius 2 is 1.83 bits per heavy atom. The number of ether oxygens (including phenoxy) is 1. The van der Waals surface area contributed by atoms with Crippen LogP contribution in [0.2, 0.25) is 0 Å². The Labute approximate surface area is 196 Å². The van der Waals surface area contributed by atoms with Gasteiger partial charge in [-0.25, -0.2) is 4.98 Å². The van der Waals surface area contributed by atoms with Crippen LogP contribution >= 0.6 is 24.0 Å². The maximum Gasteiger partial charge on any atom is 0.191 e. The lowest BCUT2D eigenvalue weighted by molar-refractivity contribution is 0.311. The lowest BCUT2D eigenvalue weighted by atomic mass is 10.2. The zero-order valence-corrected chi connectivity index (χ0v) is 20.2. The summed E-state index contributed by atoms with van der Waals surface area (Å²) in [7, 11) is 3.96. The second-order valence-electron chi connectivity index (χ2n) is 7.14. The fourth-order valence-corrected chi connectivity index (χ4v) is 3.26. The zero-order valence-electron chi connectivity index (χ0n) is 17.9. The van der Waals surface area contributed by atoms with Crippen molar-refractivity contribution < 1.29 is 4.74 Å². The summed E-state index contributed by atoms with van der Waals surface area (Å²) in [5, 5.41) is 6.75. The van der Waals surface area contributed by atoms with Crippen molar-refractivity contribution in [3.05, 3.63) is 54.2 Å². The van der Waals surface area contributed by atoms with Crippen LogP contribution in [0.25, 0.3) is 0 Å². The Hall–Kier alpha value is -2.07. The largest absolute Gasteiger partial charge is 0.494 e. The predicted molar refractivity (Wildman–Crippen MR) is 134 cm³/mol. The molecule has 3 rings (SSSR count). The number of pyridine rings is 1. The topological polar surface area (TPSA) is 65.0 Å². The molecule has 1 aliphatic rings. The van der Waals surface area contributed by atoms with Crippen LogP contribution < -0.4 is 20.3 Å². The van der Waals surface area contributed by atoms with E-state index in [4.69, 9.17) is 4.74 Å². The molecule has 0 spiro atoms. The van der Waals surface area contributed by atoms with Crippen LogP contribution in [-0.4, -0.2) is 69.3 Å². The first-order valence-corrected chi connectivity index (χ1v) is 10.3. The quantitative estimate of drug-likeness (QED) is 0.240. The van der Waals surface area contributed by atoms with Crippen LogP contribution in [0.4, 0.5) is 5.82 Å². The van der Waals surface area contributed by atoms with Crippen LogP contribution in [0.3, 0.4) is 0 Å². The van der Waals surface area contributed by atoms with E-state index in [-0.39, 0.29) is 24.0 Å². The number of rotatable bonds is 8. The molecule has 1 aliphatic heterocycles. The van der Waals surface area contributed by atoms with E-state index in [1.807, 2.05) is 42.6 Å². The van der Waals surface area contributed by atoms with E-state index in [1.165, 1.54) is 5.56 Å². The second kappa shape index (κ2) is 13.3. The highest BCUT2D eigenvalue weighted by Crippen LogP contribution is 2.18. The molecule has 0 saturated carbocycles. The molecule has 1 aromatic heterocycles. The number of piperazine rings is 1. The summed E-state index contributed by atoms with van der Waals surface area (Å²) >= 11 is 0. The van der Waals surface area contributed by atoms with Gasteiger partial charge in [0, 0.05) is 58.1 Å². The Bertz CT molecular complexity index is 765. The van der Waals surface area contributed by atoms with Crippen molar-refractivity contribution in [2.24, 2.45) is 4.99 Å². The van der Waals surface area contributed by atoms with E-state index < -0.39 is 0 Å². The van der Waals surface area contributed by atoms with E-state index in [9.17, 15) is 0 Å². The maximum absolute atomic E-state index is 5.72. The van der Waals surface area contributed by atoms with Gasteiger partial charge in [-0.3, -0.25) is 4.99 Å². The average Bonchev–Trinajstić information content (AvgIpc) is 2.77. The van der Waals surface area contributed by atoms with Gasteiger partial charge >= 0.3 is 0 Å². The molecule has 0 amide bonds. The molecule has 0 radical (unpaired) electrons. The smallest absolute Gasteiger partial charge is 0.191 e. The number of nitrogens with zero attached hydrogens (tertiary/aromatic N) is 4. The highest BCUT2D eigenvalue weighted by molar-refractivity contribution is 14.0. The lowest BCUT2D eigenvalue weighted by Gasteiger charge is -2.34. The first-order valence-electron chi connectivity index (χ1n) is 10.3. The molecule has 30 heavy (non-hydrogen) atoms. The molecule has 2 aromatic rings. The molecule has 7 nitrogen and oxygen atoms in total. The fraction of sp³-hybridized carbons (Fsp3) is 0.455. The summed E-state index contributed by atoms with van der Waals surface area (Å²) in [6.07, 6.45) is 2.77. The summed E-state index contributed by atoms with van der Waals surface area (Å²) in [5.41, 5.74) is 1.19. The zero-order chi connectivity index (χ0) is 20.3. The third-order valence-corrected chi connectivity index (χ3v) is 4.97. The number of nitrogens with one attached hydrogen (secondary N) is 2. The third-order valence-electron chi connectivity index (χ3n) is 4.97. The molecule has 2 heterocycles. The molecule has 1 aromatic carbocycles. The van der Waals surface area contributed by atoms with Gasteiger partial charge in [-0.05, 0) is 31.7 Å². The van der Waals surface area contributed by atoms with Crippen LogP contribution in [0.1, 0.15) is 12.0 Å². The monoisotopic (exact) mass is 524 g/mol. The Balaban J connectivity index is 0.00000320. The summed E-state index contributed by atoms with van der Waals surface area (Å²) in [6.45, 7) is 6.31. The minimum Gasteiger partial charge on any atom is -0.494 e. The van der Waals surface area contributed by atoms with Crippen molar-refractivity contribution in [1.82, 2.24) is 20.5 Å². The summed E-state index contributed by atoms with van der Waals surface area (Å²) in [4.78, 5) is 13.7. The minimum atomic E-state index is 0. The molecule has 0 bridgehead atoms. The summed E-state index contributed by atoms with van der Waals surface area (Å²) in [5.74, 6) is 2.76. The normalized spacial score (nSPS) is 14.7. The van der Waals surface area contributed by atoms with Crippen molar-refractivity contribution in [3.8, 4) is 5.75 Å². The number of hydrogen-bond donors (Lipinski definition) is 2. The third kappa shape index (κ3) is 7.64. The van der Waals surface area contributed by atoms with Crippen molar-refractivity contribution in [2.75, 3.05) is 58.3 Å². The number of benzene rings is 1. The molecule has 2 N–H and O–H groups in total. The van der Waals surface area contributed by atoms with Crippen LogP contribution in [-0.2, 0) is 6.54 Å². The van der Waals surface area contributed by atoms with Gasteiger partial charge in [0.2, 0.25) is 0 Å². The van der Waals surface area contributed by atoms with Gasteiger partial charge < -0.3 is 25.2 Å². The lowest BCUT2D eigenvalue weighted by Crippen LogP contribution is -2.45. The van der Waals surface area contributed by atoms with Crippen LogP contribution in [0.5, 0.6) is 5.75 Å². The van der Waals surface area contributed by atoms with E-state index in [2.05, 4.69) is 43.5 Å². The molecular weight excluding hydrogens is 491 g/mol. The van der Waals surface area contributed by atoms with Gasteiger partial charge in [-0.1, -0.05) is 24.3 Å². The van der Waals surface area contributed by atoms with Gasteiger partial charge in [0.1, 0.15) is 11.6 Å². The molecule has 0 atom stereocenters. The van der Waals surface area contributed by atoms with Crippen molar-refractivity contribution >= 4 is 35.8 Å². The number of guanidine groups is 1. The van der Waals surface area contributed by atoms with Gasteiger partial charge in [-0.15, -0.1) is 24.0 Å². The first kappa shape index (κ1) is 24.2. The SMILES string of the molecule is CN=C(NCCCOc1ccccc1)NCc1cccnc1N1CCN(C)CC1.I. The standard InChI is InChI=1S/C22H32N6O.HI/c1-23-22(25-12-7-17-29-20-9-4-3-5-10-20)26-18-19-8-6-11-24-21(19)28-15-13-27(2)14-16-28;/h3-6,8-11H,7,12-18H2,1-2H3,(H2,23,25,26);1H. The predicted octanol–water partition coefficient (Wildman–Crippen LogP) is 2.59. The number of halogens is 1. The van der Waals surface area contributed by atoms with Gasteiger partial charge in [-0.2, -0.15) is 0 Å². The van der Waals surface area contributed by atoms with Gasteiger partial charge in [0.05, 0.1) is 6.61 Å².